The predicted molar refractivity (Wildman–Crippen MR) is 124 cm³/mol. The molecule has 2 amide bonds. The molecule has 3 aromatic rings. The standard InChI is InChI=1S/C27H26N2O4/c1-32-19-12-11-18(23(15-19)33-2)16-28-26(30)24-21-9-5-6-10-22(21)27(31)29-14-13-17-7-3-4-8-20(17)25(24)29/h3-12,15,24-25H,13-14,16H2,1-2H3,(H,28,30). The third-order valence-corrected chi connectivity index (χ3v) is 6.66. The SMILES string of the molecule is COc1ccc(CNC(=O)C2c3ccccc3C(=O)N3CCc4ccccc4C23)c(OC)c1. The van der Waals surface area contributed by atoms with Gasteiger partial charge >= 0.3 is 0 Å². The topological polar surface area (TPSA) is 67.9 Å². The lowest BCUT2D eigenvalue weighted by atomic mass is 9.76. The Morgan fingerprint density at radius 1 is 1.00 bits per heavy atom. The van der Waals surface area contributed by atoms with Crippen molar-refractivity contribution >= 4 is 11.8 Å². The Balaban J connectivity index is 1.51. The number of carbonyl (C=O) groups is 2. The minimum absolute atomic E-state index is 0.00835. The van der Waals surface area contributed by atoms with E-state index in [0.29, 0.717) is 30.2 Å². The Labute approximate surface area is 193 Å². The first-order chi connectivity index (χ1) is 16.1. The second-order valence-corrected chi connectivity index (χ2v) is 8.35. The van der Waals surface area contributed by atoms with Crippen molar-refractivity contribution in [3.63, 3.8) is 0 Å². The monoisotopic (exact) mass is 442 g/mol. The van der Waals surface area contributed by atoms with Crippen molar-refractivity contribution in [3.8, 4) is 11.5 Å². The van der Waals surface area contributed by atoms with E-state index in [-0.39, 0.29) is 17.9 Å². The van der Waals surface area contributed by atoms with Gasteiger partial charge in [0.2, 0.25) is 5.91 Å². The average molecular weight is 443 g/mol. The molecule has 3 aromatic carbocycles. The summed E-state index contributed by atoms with van der Waals surface area (Å²) in [5.41, 5.74) is 4.48. The van der Waals surface area contributed by atoms with Gasteiger partial charge in [-0.25, -0.2) is 0 Å². The molecule has 2 atom stereocenters. The third-order valence-electron chi connectivity index (χ3n) is 6.66. The van der Waals surface area contributed by atoms with E-state index in [9.17, 15) is 9.59 Å². The zero-order valence-corrected chi connectivity index (χ0v) is 18.7. The normalized spacial score (nSPS) is 18.6. The molecule has 0 aromatic heterocycles. The Bertz CT molecular complexity index is 1220. The first-order valence-electron chi connectivity index (χ1n) is 11.1. The van der Waals surface area contributed by atoms with Gasteiger partial charge in [0.1, 0.15) is 11.5 Å². The molecule has 0 bridgehead atoms. The van der Waals surface area contributed by atoms with Gasteiger partial charge in [-0.3, -0.25) is 9.59 Å². The van der Waals surface area contributed by atoms with Crippen LogP contribution in [0.2, 0.25) is 0 Å². The Morgan fingerprint density at radius 2 is 1.76 bits per heavy atom. The zero-order valence-electron chi connectivity index (χ0n) is 18.7. The molecule has 2 unspecified atom stereocenters. The lowest BCUT2D eigenvalue weighted by Crippen LogP contribution is -2.50. The van der Waals surface area contributed by atoms with Gasteiger partial charge in [-0.15, -0.1) is 0 Å². The second-order valence-electron chi connectivity index (χ2n) is 8.35. The summed E-state index contributed by atoms with van der Waals surface area (Å²) in [5.74, 6) is 0.727. The van der Waals surface area contributed by atoms with E-state index in [1.165, 1.54) is 5.56 Å². The number of benzene rings is 3. The summed E-state index contributed by atoms with van der Waals surface area (Å²) in [4.78, 5) is 28.9. The highest BCUT2D eigenvalue weighted by molar-refractivity contribution is 6.01. The molecule has 2 aliphatic heterocycles. The number of amides is 2. The zero-order chi connectivity index (χ0) is 22.9. The maximum Gasteiger partial charge on any atom is 0.254 e. The molecule has 33 heavy (non-hydrogen) atoms. The molecule has 0 radical (unpaired) electrons. The highest BCUT2D eigenvalue weighted by Gasteiger charge is 2.46. The van der Waals surface area contributed by atoms with Gasteiger partial charge in [0.15, 0.2) is 0 Å². The molecule has 0 saturated heterocycles. The van der Waals surface area contributed by atoms with E-state index in [2.05, 4.69) is 11.4 Å². The molecular formula is C27H26N2O4. The summed E-state index contributed by atoms with van der Waals surface area (Å²) in [6, 6.07) is 20.8. The van der Waals surface area contributed by atoms with Crippen LogP contribution in [0.3, 0.4) is 0 Å². The smallest absolute Gasteiger partial charge is 0.254 e. The fraction of sp³-hybridized carbons (Fsp3) is 0.259. The molecule has 168 valence electrons. The highest BCUT2D eigenvalue weighted by atomic mass is 16.5. The Hall–Kier alpha value is -3.80. The largest absolute Gasteiger partial charge is 0.497 e. The van der Waals surface area contributed by atoms with Crippen LogP contribution in [0, 0.1) is 0 Å². The molecule has 6 nitrogen and oxygen atoms in total. The lowest BCUT2D eigenvalue weighted by Gasteiger charge is -2.45. The van der Waals surface area contributed by atoms with Crippen molar-refractivity contribution in [1.29, 1.82) is 0 Å². The van der Waals surface area contributed by atoms with Gasteiger partial charge < -0.3 is 19.7 Å². The number of hydrogen-bond acceptors (Lipinski definition) is 4. The first-order valence-corrected chi connectivity index (χ1v) is 11.1. The minimum Gasteiger partial charge on any atom is -0.497 e. The summed E-state index contributed by atoms with van der Waals surface area (Å²) in [6.07, 6.45) is 0.790. The van der Waals surface area contributed by atoms with Crippen LogP contribution in [0.15, 0.2) is 66.7 Å². The van der Waals surface area contributed by atoms with Gasteiger partial charge in [0.25, 0.3) is 5.91 Å². The van der Waals surface area contributed by atoms with Crippen LogP contribution in [0.1, 0.15) is 44.6 Å². The van der Waals surface area contributed by atoms with Crippen LogP contribution in [-0.4, -0.2) is 37.5 Å². The third kappa shape index (κ3) is 3.61. The summed E-state index contributed by atoms with van der Waals surface area (Å²) in [5, 5.41) is 3.10. The first kappa shape index (κ1) is 21.1. The number of methoxy groups -OCH3 is 2. The molecule has 1 N–H and O–H groups in total. The molecule has 6 heteroatoms. The summed E-state index contributed by atoms with van der Waals surface area (Å²) in [7, 11) is 3.20. The number of carbonyl (C=O) groups excluding carboxylic acids is 2. The van der Waals surface area contributed by atoms with Gasteiger partial charge in [-0.2, -0.15) is 0 Å². The summed E-state index contributed by atoms with van der Waals surface area (Å²) >= 11 is 0. The van der Waals surface area contributed by atoms with Crippen LogP contribution in [0.5, 0.6) is 11.5 Å². The van der Waals surface area contributed by atoms with Gasteiger partial charge in [0, 0.05) is 30.3 Å². The van der Waals surface area contributed by atoms with Crippen LogP contribution in [-0.2, 0) is 17.8 Å². The Morgan fingerprint density at radius 3 is 2.55 bits per heavy atom. The number of rotatable bonds is 5. The average Bonchev–Trinajstić information content (AvgIpc) is 2.87. The van der Waals surface area contributed by atoms with Gasteiger partial charge in [-0.05, 0) is 41.3 Å². The van der Waals surface area contributed by atoms with Crippen molar-refractivity contribution < 1.29 is 19.1 Å². The van der Waals surface area contributed by atoms with Crippen molar-refractivity contribution in [2.75, 3.05) is 20.8 Å². The maximum atomic E-state index is 13.7. The van der Waals surface area contributed by atoms with Crippen LogP contribution in [0.25, 0.3) is 0 Å². The number of nitrogens with zero attached hydrogens (tertiary/aromatic N) is 1. The van der Waals surface area contributed by atoms with Crippen molar-refractivity contribution in [2.45, 2.75) is 24.9 Å². The van der Waals surface area contributed by atoms with Crippen molar-refractivity contribution in [1.82, 2.24) is 10.2 Å². The Kier molecular flexibility index (Phi) is 5.50. The molecule has 2 heterocycles. The number of fused-ring (bicyclic) bond motifs is 4. The van der Waals surface area contributed by atoms with Gasteiger partial charge in [0.05, 0.1) is 26.2 Å². The van der Waals surface area contributed by atoms with E-state index < -0.39 is 5.92 Å². The van der Waals surface area contributed by atoms with E-state index in [4.69, 9.17) is 9.47 Å². The number of ether oxygens (including phenoxy) is 2. The van der Waals surface area contributed by atoms with Crippen molar-refractivity contribution in [3.05, 3.63) is 94.5 Å². The number of hydrogen-bond donors (Lipinski definition) is 1. The van der Waals surface area contributed by atoms with E-state index in [1.54, 1.807) is 20.3 Å². The van der Waals surface area contributed by atoms with Gasteiger partial charge in [-0.1, -0.05) is 42.5 Å². The fourth-order valence-corrected chi connectivity index (χ4v) is 5.05. The minimum atomic E-state index is -0.496. The van der Waals surface area contributed by atoms with Crippen LogP contribution >= 0.6 is 0 Å². The molecule has 5 rings (SSSR count). The fourth-order valence-electron chi connectivity index (χ4n) is 5.05. The molecule has 0 fully saturated rings. The number of nitrogens with one attached hydrogen (secondary N) is 1. The highest BCUT2D eigenvalue weighted by Crippen LogP contribution is 2.45. The maximum absolute atomic E-state index is 13.7. The van der Waals surface area contributed by atoms with E-state index >= 15 is 0 Å². The van der Waals surface area contributed by atoms with Crippen LogP contribution < -0.4 is 14.8 Å². The van der Waals surface area contributed by atoms with E-state index in [0.717, 1.165) is 23.1 Å². The molecule has 2 aliphatic rings. The quantitative estimate of drug-likeness (QED) is 0.652. The second kappa shape index (κ2) is 8.62. The molecule has 0 saturated carbocycles. The predicted octanol–water partition coefficient (Wildman–Crippen LogP) is 3.86. The lowest BCUT2D eigenvalue weighted by molar-refractivity contribution is -0.124. The summed E-state index contributed by atoms with van der Waals surface area (Å²) in [6.45, 7) is 0.915. The van der Waals surface area contributed by atoms with Crippen molar-refractivity contribution in [2.24, 2.45) is 0 Å². The molecule has 0 spiro atoms. The van der Waals surface area contributed by atoms with E-state index in [1.807, 2.05) is 59.5 Å². The summed E-state index contributed by atoms with van der Waals surface area (Å²) < 4.78 is 10.8. The van der Waals surface area contributed by atoms with Crippen LogP contribution in [0.4, 0.5) is 0 Å². The molecular weight excluding hydrogens is 416 g/mol. The molecule has 0 aliphatic carbocycles.